The summed E-state index contributed by atoms with van der Waals surface area (Å²) in [6.07, 6.45) is 5.32. The van der Waals surface area contributed by atoms with Crippen LogP contribution in [-0.4, -0.2) is 43.5 Å². The van der Waals surface area contributed by atoms with Crippen LogP contribution in [0, 0.1) is 5.92 Å². The third-order valence-corrected chi connectivity index (χ3v) is 4.30. The van der Waals surface area contributed by atoms with Crippen LogP contribution in [0.25, 0.3) is 0 Å². The topological polar surface area (TPSA) is 59.6 Å². The lowest BCUT2D eigenvalue weighted by Crippen LogP contribution is -2.55. The average Bonchev–Trinajstić information content (AvgIpc) is 2.61. The van der Waals surface area contributed by atoms with Crippen molar-refractivity contribution in [3.63, 3.8) is 0 Å². The maximum Gasteiger partial charge on any atom is 0.407 e. The summed E-state index contributed by atoms with van der Waals surface area (Å²) in [7, 11) is 1.74. The molecule has 0 saturated heterocycles. The predicted octanol–water partition coefficient (Wildman–Crippen LogP) is 3.47. The fourth-order valence-electron chi connectivity index (χ4n) is 3.03. The third-order valence-electron chi connectivity index (χ3n) is 4.30. The molecule has 0 spiro atoms. The number of methoxy groups -OCH3 is 1. The fourth-order valence-corrected chi connectivity index (χ4v) is 3.03. The fraction of sp³-hybridized carbons (Fsp3) is 0.944. The summed E-state index contributed by atoms with van der Waals surface area (Å²) >= 11 is 0. The van der Waals surface area contributed by atoms with Crippen LogP contribution in [0.2, 0.25) is 0 Å². The third kappa shape index (κ3) is 8.02. The molecule has 3 atom stereocenters. The number of hydrogen-bond donors (Lipinski definition) is 2. The number of nitrogens with one attached hydrogen (secondary N) is 2. The van der Waals surface area contributed by atoms with Crippen LogP contribution in [0.1, 0.15) is 66.7 Å². The molecule has 23 heavy (non-hydrogen) atoms. The van der Waals surface area contributed by atoms with E-state index >= 15 is 0 Å². The SMILES string of the molecule is COCC(NC1CCCCCC1NC(=O)OC(C)(C)C)C(C)C. The van der Waals surface area contributed by atoms with Crippen LogP contribution in [0.3, 0.4) is 0 Å². The maximum atomic E-state index is 12.1. The minimum Gasteiger partial charge on any atom is -0.444 e. The van der Waals surface area contributed by atoms with Gasteiger partial charge >= 0.3 is 6.09 Å². The summed E-state index contributed by atoms with van der Waals surface area (Å²) < 4.78 is 10.8. The lowest BCUT2D eigenvalue weighted by Gasteiger charge is -2.33. The van der Waals surface area contributed by atoms with Crippen molar-refractivity contribution in [1.29, 1.82) is 0 Å². The molecule has 1 aliphatic carbocycles. The van der Waals surface area contributed by atoms with Crippen LogP contribution >= 0.6 is 0 Å². The Hall–Kier alpha value is -0.810. The van der Waals surface area contributed by atoms with Crippen molar-refractivity contribution in [3.8, 4) is 0 Å². The van der Waals surface area contributed by atoms with Gasteiger partial charge in [0, 0.05) is 25.2 Å². The van der Waals surface area contributed by atoms with Gasteiger partial charge in [-0.25, -0.2) is 4.79 Å². The molecule has 136 valence electrons. The molecule has 0 aromatic carbocycles. The second-order valence-corrected chi connectivity index (χ2v) is 7.97. The maximum absolute atomic E-state index is 12.1. The molecule has 0 heterocycles. The monoisotopic (exact) mass is 328 g/mol. The van der Waals surface area contributed by atoms with E-state index in [-0.39, 0.29) is 18.2 Å². The standard InChI is InChI=1S/C18H36N2O3/c1-13(2)16(12-22-6)19-14-10-8-7-9-11-15(14)20-17(21)23-18(3,4)5/h13-16,19H,7-12H2,1-6H3,(H,20,21). The molecule has 2 N–H and O–H groups in total. The average molecular weight is 328 g/mol. The minimum atomic E-state index is -0.464. The van der Waals surface area contributed by atoms with Crippen molar-refractivity contribution in [2.24, 2.45) is 5.92 Å². The van der Waals surface area contributed by atoms with Gasteiger partial charge < -0.3 is 20.1 Å². The molecule has 1 saturated carbocycles. The van der Waals surface area contributed by atoms with Gasteiger partial charge in [-0.1, -0.05) is 33.1 Å². The molecule has 5 nitrogen and oxygen atoms in total. The lowest BCUT2D eigenvalue weighted by molar-refractivity contribution is 0.0483. The van der Waals surface area contributed by atoms with E-state index in [1.54, 1.807) is 7.11 Å². The molecule has 0 aliphatic heterocycles. The molecule has 1 aliphatic rings. The van der Waals surface area contributed by atoms with E-state index < -0.39 is 5.60 Å². The predicted molar refractivity (Wildman–Crippen MR) is 93.7 cm³/mol. The van der Waals surface area contributed by atoms with Crippen LogP contribution in [-0.2, 0) is 9.47 Å². The number of ether oxygens (including phenoxy) is 2. The normalized spacial score (nSPS) is 24.1. The van der Waals surface area contributed by atoms with E-state index in [0.717, 1.165) is 19.3 Å². The van der Waals surface area contributed by atoms with Crippen LogP contribution < -0.4 is 10.6 Å². The quantitative estimate of drug-likeness (QED) is 0.733. The molecule has 3 unspecified atom stereocenters. The summed E-state index contributed by atoms with van der Waals surface area (Å²) in [4.78, 5) is 12.1. The first kappa shape index (κ1) is 20.2. The number of carbonyl (C=O) groups excluding carboxylic acids is 1. The zero-order chi connectivity index (χ0) is 17.5. The number of amides is 1. The molecule has 1 rings (SSSR count). The second kappa shape index (κ2) is 9.48. The molecule has 0 bridgehead atoms. The first-order valence-corrected chi connectivity index (χ1v) is 8.97. The van der Waals surface area contributed by atoms with Crippen molar-refractivity contribution in [2.45, 2.75) is 90.4 Å². The zero-order valence-electron chi connectivity index (χ0n) is 15.8. The Kier molecular flexibility index (Phi) is 8.34. The summed E-state index contributed by atoms with van der Waals surface area (Å²) in [5.74, 6) is 0.486. The van der Waals surface area contributed by atoms with Gasteiger partial charge in [-0.3, -0.25) is 0 Å². The van der Waals surface area contributed by atoms with Crippen molar-refractivity contribution in [2.75, 3.05) is 13.7 Å². The van der Waals surface area contributed by atoms with E-state index in [1.165, 1.54) is 12.8 Å². The summed E-state index contributed by atoms with van der Waals surface area (Å²) in [5.41, 5.74) is -0.464. The van der Waals surface area contributed by atoms with Gasteiger partial charge in [0.1, 0.15) is 5.60 Å². The van der Waals surface area contributed by atoms with Gasteiger partial charge in [-0.2, -0.15) is 0 Å². The molecule has 5 heteroatoms. The van der Waals surface area contributed by atoms with Gasteiger partial charge in [-0.15, -0.1) is 0 Å². The Morgan fingerprint density at radius 3 is 2.26 bits per heavy atom. The van der Waals surface area contributed by atoms with Crippen molar-refractivity contribution in [1.82, 2.24) is 10.6 Å². The van der Waals surface area contributed by atoms with Gasteiger partial charge in [0.2, 0.25) is 0 Å². The van der Waals surface area contributed by atoms with Gasteiger partial charge in [0.15, 0.2) is 0 Å². The first-order chi connectivity index (χ1) is 10.7. The van der Waals surface area contributed by atoms with Gasteiger partial charge in [0.25, 0.3) is 0 Å². The molecule has 1 amide bonds. The Labute approximate surface area is 141 Å². The highest BCUT2D eigenvalue weighted by Gasteiger charge is 2.29. The largest absolute Gasteiger partial charge is 0.444 e. The summed E-state index contributed by atoms with van der Waals surface area (Å²) in [6, 6.07) is 0.684. The molecule has 0 aromatic heterocycles. The first-order valence-electron chi connectivity index (χ1n) is 8.97. The molecule has 0 radical (unpaired) electrons. The van der Waals surface area contributed by atoms with Gasteiger partial charge in [0.05, 0.1) is 6.61 Å². The smallest absolute Gasteiger partial charge is 0.407 e. The second-order valence-electron chi connectivity index (χ2n) is 7.97. The van der Waals surface area contributed by atoms with Crippen molar-refractivity contribution < 1.29 is 14.3 Å². The molecule has 1 fully saturated rings. The minimum absolute atomic E-state index is 0.116. The Bertz CT molecular complexity index is 353. The summed E-state index contributed by atoms with van der Waals surface area (Å²) in [5, 5.41) is 6.81. The Balaban J connectivity index is 2.69. The van der Waals surface area contributed by atoms with Crippen molar-refractivity contribution >= 4 is 6.09 Å². The highest BCUT2D eigenvalue weighted by atomic mass is 16.6. The lowest BCUT2D eigenvalue weighted by atomic mass is 9.98. The van der Waals surface area contributed by atoms with E-state index in [2.05, 4.69) is 24.5 Å². The highest BCUT2D eigenvalue weighted by molar-refractivity contribution is 5.68. The van der Waals surface area contributed by atoms with Crippen LogP contribution in [0.5, 0.6) is 0 Å². The van der Waals surface area contributed by atoms with E-state index in [1.807, 2.05) is 20.8 Å². The number of carbonyl (C=O) groups is 1. The molecular formula is C18H36N2O3. The highest BCUT2D eigenvalue weighted by Crippen LogP contribution is 2.20. The molecule has 0 aromatic rings. The number of rotatable bonds is 6. The molecular weight excluding hydrogens is 292 g/mol. The zero-order valence-corrected chi connectivity index (χ0v) is 15.8. The summed E-state index contributed by atoms with van der Waals surface area (Å²) in [6.45, 7) is 10.8. The van der Waals surface area contributed by atoms with E-state index in [4.69, 9.17) is 9.47 Å². The van der Waals surface area contributed by atoms with Crippen molar-refractivity contribution in [3.05, 3.63) is 0 Å². The van der Waals surface area contributed by atoms with Crippen LogP contribution in [0.4, 0.5) is 4.79 Å². The number of hydrogen-bond acceptors (Lipinski definition) is 4. The number of alkyl carbamates (subject to hydrolysis) is 1. The Morgan fingerprint density at radius 2 is 1.74 bits per heavy atom. The van der Waals surface area contributed by atoms with Crippen LogP contribution in [0.15, 0.2) is 0 Å². The van der Waals surface area contributed by atoms with E-state index in [0.29, 0.717) is 18.6 Å². The Morgan fingerprint density at radius 1 is 1.13 bits per heavy atom. The van der Waals surface area contributed by atoms with Gasteiger partial charge in [-0.05, 0) is 39.5 Å². The van der Waals surface area contributed by atoms with E-state index in [9.17, 15) is 4.79 Å².